The number of carbonyl (C=O) groups excluding carboxylic acids is 1. The molecule has 0 saturated carbocycles. The van der Waals surface area contributed by atoms with E-state index in [0.29, 0.717) is 11.1 Å². The van der Waals surface area contributed by atoms with Gasteiger partial charge in [-0.05, 0) is 25.1 Å². The van der Waals surface area contributed by atoms with Crippen LogP contribution in [0, 0.1) is 12.3 Å². The van der Waals surface area contributed by atoms with Gasteiger partial charge in [0.25, 0.3) is 0 Å². The smallest absolute Gasteiger partial charge is 0.159 e. The maximum absolute atomic E-state index is 10.9. The topological polar surface area (TPSA) is 37.3 Å². The van der Waals surface area contributed by atoms with E-state index in [2.05, 4.69) is 5.92 Å². The lowest BCUT2D eigenvalue weighted by Gasteiger charge is -1.98. The van der Waals surface area contributed by atoms with Crippen LogP contribution < -0.4 is 0 Å². The van der Waals surface area contributed by atoms with E-state index in [1.165, 1.54) is 19.1 Å². The fourth-order valence-electron chi connectivity index (χ4n) is 0.871. The highest BCUT2D eigenvalue weighted by Crippen LogP contribution is 2.17. The van der Waals surface area contributed by atoms with Gasteiger partial charge in [-0.15, -0.1) is 6.42 Å². The van der Waals surface area contributed by atoms with Crippen LogP contribution in [0.4, 0.5) is 0 Å². The van der Waals surface area contributed by atoms with Crippen LogP contribution in [0.15, 0.2) is 18.2 Å². The molecule has 1 rings (SSSR count). The molecule has 0 amide bonds. The molecular formula is C10H8O2. The molecule has 0 spiro atoms. The molecule has 0 bridgehead atoms. The lowest BCUT2D eigenvalue weighted by atomic mass is 10.1. The van der Waals surface area contributed by atoms with Gasteiger partial charge in [-0.3, -0.25) is 4.79 Å². The Morgan fingerprint density at radius 1 is 1.58 bits per heavy atom. The highest BCUT2D eigenvalue weighted by molar-refractivity contribution is 5.94. The maximum atomic E-state index is 10.9. The monoisotopic (exact) mass is 160 g/mol. The third kappa shape index (κ3) is 1.46. The van der Waals surface area contributed by atoms with E-state index in [4.69, 9.17) is 11.5 Å². The second-order valence-electron chi connectivity index (χ2n) is 2.43. The van der Waals surface area contributed by atoms with Crippen molar-refractivity contribution < 1.29 is 9.90 Å². The van der Waals surface area contributed by atoms with Crippen LogP contribution in [-0.2, 0) is 0 Å². The summed E-state index contributed by atoms with van der Waals surface area (Å²) in [6.07, 6.45) is 5.10. The number of aromatic hydroxyl groups is 1. The third-order valence-corrected chi connectivity index (χ3v) is 1.56. The molecule has 12 heavy (non-hydrogen) atoms. The van der Waals surface area contributed by atoms with Crippen molar-refractivity contribution in [1.29, 1.82) is 0 Å². The Bertz CT molecular complexity index is 359. The van der Waals surface area contributed by atoms with E-state index < -0.39 is 0 Å². The minimum atomic E-state index is -0.0634. The first-order chi connectivity index (χ1) is 5.65. The number of Topliss-reactive ketones (excluding diaryl/α,β-unsaturated/α-hetero) is 1. The molecule has 0 atom stereocenters. The fourth-order valence-corrected chi connectivity index (χ4v) is 0.871. The van der Waals surface area contributed by atoms with Crippen molar-refractivity contribution in [3.8, 4) is 18.1 Å². The predicted octanol–water partition coefficient (Wildman–Crippen LogP) is 1.58. The molecule has 1 N–H and O–H groups in total. The first-order valence-corrected chi connectivity index (χ1v) is 3.45. The highest BCUT2D eigenvalue weighted by Gasteiger charge is 2.02. The lowest BCUT2D eigenvalue weighted by molar-refractivity contribution is 0.101. The Hall–Kier alpha value is -1.75. The summed E-state index contributed by atoms with van der Waals surface area (Å²) in [6, 6.07) is 4.46. The molecule has 0 unspecified atom stereocenters. The van der Waals surface area contributed by atoms with Crippen molar-refractivity contribution in [2.45, 2.75) is 6.92 Å². The number of ketones is 1. The van der Waals surface area contributed by atoms with Gasteiger partial charge in [-0.2, -0.15) is 0 Å². The standard InChI is InChI=1S/C10H8O2/c1-3-8-6-9(7(2)11)4-5-10(8)12/h1,4-6,12H,2H3. The molecule has 0 aliphatic carbocycles. The maximum Gasteiger partial charge on any atom is 0.159 e. The Morgan fingerprint density at radius 3 is 2.75 bits per heavy atom. The molecule has 0 fully saturated rings. The quantitative estimate of drug-likeness (QED) is 0.500. The van der Waals surface area contributed by atoms with Crippen LogP contribution in [0.1, 0.15) is 22.8 Å². The van der Waals surface area contributed by atoms with Crippen molar-refractivity contribution in [2.24, 2.45) is 0 Å². The summed E-state index contributed by atoms with van der Waals surface area (Å²) < 4.78 is 0. The van der Waals surface area contributed by atoms with Crippen LogP contribution in [0.2, 0.25) is 0 Å². The summed E-state index contributed by atoms with van der Waals surface area (Å²) in [5, 5.41) is 9.16. The molecule has 60 valence electrons. The Balaban J connectivity index is 3.25. The summed E-state index contributed by atoms with van der Waals surface area (Å²) in [5.41, 5.74) is 0.864. The van der Waals surface area contributed by atoms with E-state index in [9.17, 15) is 4.79 Å². The van der Waals surface area contributed by atoms with Crippen molar-refractivity contribution in [2.75, 3.05) is 0 Å². The van der Waals surface area contributed by atoms with Gasteiger partial charge in [-0.1, -0.05) is 5.92 Å². The number of hydrogen-bond acceptors (Lipinski definition) is 2. The van der Waals surface area contributed by atoms with Gasteiger partial charge >= 0.3 is 0 Å². The molecule has 0 heterocycles. The van der Waals surface area contributed by atoms with Crippen LogP contribution in [0.25, 0.3) is 0 Å². The third-order valence-electron chi connectivity index (χ3n) is 1.56. The molecule has 1 aromatic carbocycles. The number of benzene rings is 1. The minimum absolute atomic E-state index is 0.0301. The zero-order valence-electron chi connectivity index (χ0n) is 6.66. The summed E-state index contributed by atoms with van der Waals surface area (Å²) in [4.78, 5) is 10.9. The molecule has 0 aromatic heterocycles. The first-order valence-electron chi connectivity index (χ1n) is 3.45. The van der Waals surface area contributed by atoms with Gasteiger partial charge in [0.15, 0.2) is 5.78 Å². The van der Waals surface area contributed by atoms with E-state index in [1.54, 1.807) is 6.07 Å². The number of carbonyl (C=O) groups is 1. The lowest BCUT2D eigenvalue weighted by Crippen LogP contribution is -1.92. The second-order valence-corrected chi connectivity index (χ2v) is 2.43. The minimum Gasteiger partial charge on any atom is -0.507 e. The first kappa shape index (κ1) is 8.35. The van der Waals surface area contributed by atoms with Gasteiger partial charge in [0.1, 0.15) is 5.75 Å². The zero-order valence-corrected chi connectivity index (χ0v) is 6.66. The van der Waals surface area contributed by atoms with Gasteiger partial charge in [0.2, 0.25) is 0 Å². The number of rotatable bonds is 1. The van der Waals surface area contributed by atoms with Crippen LogP contribution in [-0.4, -0.2) is 10.9 Å². The van der Waals surface area contributed by atoms with Crippen LogP contribution in [0.5, 0.6) is 5.75 Å². The number of terminal acetylenes is 1. The molecule has 0 saturated heterocycles. The molecule has 2 heteroatoms. The molecule has 0 aliphatic rings. The normalized spacial score (nSPS) is 9.00. The average molecular weight is 160 g/mol. The SMILES string of the molecule is C#Cc1cc(C(C)=O)ccc1O. The second kappa shape index (κ2) is 3.10. The number of hydrogen-bond donors (Lipinski definition) is 1. The van der Waals surface area contributed by atoms with Crippen LogP contribution >= 0.6 is 0 Å². The zero-order chi connectivity index (χ0) is 9.14. The summed E-state index contributed by atoms with van der Waals surface area (Å²) in [7, 11) is 0. The average Bonchev–Trinajstić information content (AvgIpc) is 2.05. The fraction of sp³-hybridized carbons (Fsp3) is 0.100. The van der Waals surface area contributed by atoms with Crippen molar-refractivity contribution in [3.05, 3.63) is 29.3 Å². The Labute approximate surface area is 70.8 Å². The summed E-state index contributed by atoms with van der Waals surface area (Å²) in [6.45, 7) is 1.45. The van der Waals surface area contributed by atoms with Crippen molar-refractivity contribution in [1.82, 2.24) is 0 Å². The van der Waals surface area contributed by atoms with Gasteiger partial charge < -0.3 is 5.11 Å². The van der Waals surface area contributed by atoms with E-state index >= 15 is 0 Å². The van der Waals surface area contributed by atoms with Gasteiger partial charge in [-0.25, -0.2) is 0 Å². The molecule has 1 aromatic rings. The summed E-state index contributed by atoms with van der Waals surface area (Å²) >= 11 is 0. The largest absolute Gasteiger partial charge is 0.507 e. The predicted molar refractivity (Wildman–Crippen MR) is 46.0 cm³/mol. The van der Waals surface area contributed by atoms with E-state index in [-0.39, 0.29) is 11.5 Å². The molecule has 0 radical (unpaired) electrons. The Kier molecular flexibility index (Phi) is 2.16. The Morgan fingerprint density at radius 2 is 2.25 bits per heavy atom. The van der Waals surface area contributed by atoms with Crippen LogP contribution in [0.3, 0.4) is 0 Å². The van der Waals surface area contributed by atoms with Gasteiger partial charge in [0, 0.05) is 5.56 Å². The van der Waals surface area contributed by atoms with E-state index in [1.807, 2.05) is 0 Å². The summed E-state index contributed by atoms with van der Waals surface area (Å²) in [5.74, 6) is 2.25. The van der Waals surface area contributed by atoms with Gasteiger partial charge in [0.05, 0.1) is 5.56 Å². The molecule has 2 nitrogen and oxygen atoms in total. The molecule has 0 aliphatic heterocycles. The number of phenolic OH excluding ortho intramolecular Hbond substituents is 1. The van der Waals surface area contributed by atoms with Crippen molar-refractivity contribution >= 4 is 5.78 Å². The molecular weight excluding hydrogens is 152 g/mol. The van der Waals surface area contributed by atoms with Crippen molar-refractivity contribution in [3.63, 3.8) is 0 Å². The van der Waals surface area contributed by atoms with E-state index in [0.717, 1.165) is 0 Å². The highest BCUT2D eigenvalue weighted by atomic mass is 16.3. The number of phenols is 1.